The van der Waals surface area contributed by atoms with Crippen LogP contribution in [-0.2, 0) is 0 Å². The van der Waals surface area contributed by atoms with Crippen LogP contribution in [0.3, 0.4) is 0 Å². The SMILES string of the molecule is Cc1cc2cccnc2n(NCCCC(C)C)c1=O. The number of rotatable bonds is 5. The van der Waals surface area contributed by atoms with Crippen molar-refractivity contribution in [3.05, 3.63) is 40.3 Å². The summed E-state index contributed by atoms with van der Waals surface area (Å²) in [5, 5.41) is 0.982. The second kappa shape index (κ2) is 5.87. The van der Waals surface area contributed by atoms with Crippen molar-refractivity contribution in [2.24, 2.45) is 5.92 Å². The first-order valence-electron chi connectivity index (χ1n) is 6.81. The first kappa shape index (κ1) is 13.6. The lowest BCUT2D eigenvalue weighted by atomic mass is 10.1. The molecule has 2 aromatic rings. The maximum atomic E-state index is 12.2. The van der Waals surface area contributed by atoms with Crippen LogP contribution in [0.5, 0.6) is 0 Å². The highest BCUT2D eigenvalue weighted by molar-refractivity contribution is 5.75. The second-order valence-corrected chi connectivity index (χ2v) is 5.33. The molecule has 19 heavy (non-hydrogen) atoms. The molecule has 1 N–H and O–H groups in total. The Hall–Kier alpha value is -1.84. The van der Waals surface area contributed by atoms with E-state index in [-0.39, 0.29) is 5.56 Å². The summed E-state index contributed by atoms with van der Waals surface area (Å²) in [7, 11) is 0. The van der Waals surface area contributed by atoms with Crippen LogP contribution in [0.1, 0.15) is 32.3 Å². The lowest BCUT2D eigenvalue weighted by molar-refractivity contribution is 0.557. The van der Waals surface area contributed by atoms with Crippen LogP contribution in [0, 0.1) is 12.8 Å². The lowest BCUT2D eigenvalue weighted by Crippen LogP contribution is -2.31. The molecule has 2 heterocycles. The Labute approximate surface area is 113 Å². The van der Waals surface area contributed by atoms with Crippen LogP contribution < -0.4 is 11.0 Å². The first-order valence-corrected chi connectivity index (χ1v) is 6.81. The standard InChI is InChI=1S/C15H21N3O/c1-11(2)6-4-9-17-18-14-13(7-5-8-16-14)10-12(3)15(18)19/h5,7-8,10-11,17H,4,6,9H2,1-3H3. The van der Waals surface area contributed by atoms with E-state index < -0.39 is 0 Å². The normalized spacial score (nSPS) is 11.2. The summed E-state index contributed by atoms with van der Waals surface area (Å²) in [6.07, 6.45) is 3.91. The van der Waals surface area contributed by atoms with Crippen LogP contribution in [0.4, 0.5) is 0 Å². The summed E-state index contributed by atoms with van der Waals surface area (Å²) in [6.45, 7) is 7.03. The third kappa shape index (κ3) is 3.13. The molecule has 0 spiro atoms. The van der Waals surface area contributed by atoms with E-state index in [1.54, 1.807) is 10.9 Å². The number of hydrogen-bond acceptors (Lipinski definition) is 3. The molecule has 0 bridgehead atoms. The van der Waals surface area contributed by atoms with Gasteiger partial charge in [0.05, 0.1) is 0 Å². The molecule has 0 saturated heterocycles. The second-order valence-electron chi connectivity index (χ2n) is 5.33. The highest BCUT2D eigenvalue weighted by atomic mass is 16.1. The van der Waals surface area contributed by atoms with Crippen molar-refractivity contribution in [3.63, 3.8) is 0 Å². The monoisotopic (exact) mass is 259 g/mol. The number of aromatic nitrogens is 2. The van der Waals surface area contributed by atoms with E-state index in [1.807, 2.05) is 25.1 Å². The molecular weight excluding hydrogens is 238 g/mol. The molecule has 0 atom stereocenters. The Bertz CT molecular complexity index is 616. The Morgan fingerprint density at radius 1 is 1.42 bits per heavy atom. The van der Waals surface area contributed by atoms with Crippen molar-refractivity contribution in [3.8, 4) is 0 Å². The Balaban J connectivity index is 2.26. The van der Waals surface area contributed by atoms with Crippen LogP contribution >= 0.6 is 0 Å². The van der Waals surface area contributed by atoms with Crippen molar-refractivity contribution in [1.29, 1.82) is 0 Å². The minimum absolute atomic E-state index is 0.0178. The highest BCUT2D eigenvalue weighted by Gasteiger charge is 2.06. The fourth-order valence-electron chi connectivity index (χ4n) is 2.12. The molecule has 0 fully saturated rings. The topological polar surface area (TPSA) is 46.9 Å². The van der Waals surface area contributed by atoms with Crippen LogP contribution in [-0.4, -0.2) is 16.2 Å². The molecule has 0 radical (unpaired) electrons. The van der Waals surface area contributed by atoms with Gasteiger partial charge in [0, 0.05) is 23.7 Å². The van der Waals surface area contributed by atoms with E-state index in [2.05, 4.69) is 24.3 Å². The Morgan fingerprint density at radius 2 is 2.21 bits per heavy atom. The molecular formula is C15H21N3O. The van der Waals surface area contributed by atoms with Gasteiger partial charge in [0.25, 0.3) is 5.56 Å². The van der Waals surface area contributed by atoms with Gasteiger partial charge in [-0.15, -0.1) is 0 Å². The van der Waals surface area contributed by atoms with Gasteiger partial charge in [-0.05, 0) is 43.9 Å². The van der Waals surface area contributed by atoms with Crippen LogP contribution in [0.2, 0.25) is 0 Å². The van der Waals surface area contributed by atoms with Gasteiger partial charge in [-0.1, -0.05) is 13.8 Å². The molecule has 0 aromatic carbocycles. The van der Waals surface area contributed by atoms with Crippen LogP contribution in [0.15, 0.2) is 29.2 Å². The van der Waals surface area contributed by atoms with Crippen LogP contribution in [0.25, 0.3) is 11.0 Å². The number of nitrogens with one attached hydrogen (secondary N) is 1. The predicted octanol–water partition coefficient (Wildman–Crippen LogP) is 2.68. The predicted molar refractivity (Wildman–Crippen MR) is 79.0 cm³/mol. The lowest BCUT2D eigenvalue weighted by Gasteiger charge is -2.13. The molecule has 0 aliphatic carbocycles. The van der Waals surface area contributed by atoms with E-state index in [0.29, 0.717) is 11.6 Å². The van der Waals surface area contributed by atoms with Gasteiger partial charge in [-0.2, -0.15) is 0 Å². The van der Waals surface area contributed by atoms with Gasteiger partial charge in [-0.3, -0.25) is 4.79 Å². The van der Waals surface area contributed by atoms with Gasteiger partial charge < -0.3 is 5.43 Å². The van der Waals surface area contributed by atoms with Gasteiger partial charge in [0.1, 0.15) is 0 Å². The van der Waals surface area contributed by atoms with E-state index in [4.69, 9.17) is 0 Å². The molecule has 0 unspecified atom stereocenters. The highest BCUT2D eigenvalue weighted by Crippen LogP contribution is 2.09. The van der Waals surface area contributed by atoms with Gasteiger partial charge >= 0.3 is 0 Å². The molecule has 0 amide bonds. The number of nitrogens with zero attached hydrogens (tertiary/aromatic N) is 2. The molecule has 2 rings (SSSR count). The van der Waals surface area contributed by atoms with Crippen molar-refractivity contribution in [2.45, 2.75) is 33.6 Å². The van der Waals surface area contributed by atoms with E-state index in [9.17, 15) is 4.79 Å². The molecule has 4 heteroatoms. The molecule has 4 nitrogen and oxygen atoms in total. The molecule has 0 aliphatic rings. The van der Waals surface area contributed by atoms with Gasteiger partial charge in [-0.25, -0.2) is 9.66 Å². The largest absolute Gasteiger partial charge is 0.321 e. The van der Waals surface area contributed by atoms with Gasteiger partial charge in [0.2, 0.25) is 0 Å². The van der Waals surface area contributed by atoms with Gasteiger partial charge in [0.15, 0.2) is 5.65 Å². The molecule has 102 valence electrons. The zero-order valence-electron chi connectivity index (χ0n) is 11.8. The minimum atomic E-state index is -0.0178. The fraction of sp³-hybridized carbons (Fsp3) is 0.467. The fourth-order valence-corrected chi connectivity index (χ4v) is 2.12. The van der Waals surface area contributed by atoms with E-state index in [1.165, 1.54) is 0 Å². The summed E-state index contributed by atoms with van der Waals surface area (Å²) in [5.41, 5.74) is 4.61. The number of fused-ring (bicyclic) bond motifs is 1. The summed E-state index contributed by atoms with van der Waals surface area (Å²) < 4.78 is 1.57. The van der Waals surface area contributed by atoms with Crippen molar-refractivity contribution < 1.29 is 0 Å². The summed E-state index contributed by atoms with van der Waals surface area (Å²) in [6, 6.07) is 5.74. The summed E-state index contributed by atoms with van der Waals surface area (Å²) in [4.78, 5) is 16.5. The van der Waals surface area contributed by atoms with Crippen molar-refractivity contribution in [2.75, 3.05) is 12.0 Å². The molecule has 0 saturated carbocycles. The summed E-state index contributed by atoms with van der Waals surface area (Å²) >= 11 is 0. The quantitative estimate of drug-likeness (QED) is 0.840. The Morgan fingerprint density at radius 3 is 2.95 bits per heavy atom. The molecule has 2 aromatic heterocycles. The zero-order valence-corrected chi connectivity index (χ0v) is 11.8. The average molecular weight is 259 g/mol. The molecule has 0 aliphatic heterocycles. The number of pyridine rings is 2. The average Bonchev–Trinajstić information content (AvgIpc) is 2.38. The van der Waals surface area contributed by atoms with Crippen molar-refractivity contribution in [1.82, 2.24) is 9.66 Å². The zero-order chi connectivity index (χ0) is 13.8. The maximum absolute atomic E-state index is 12.2. The van der Waals surface area contributed by atoms with E-state index in [0.717, 1.165) is 30.3 Å². The third-order valence-corrected chi connectivity index (χ3v) is 3.17. The maximum Gasteiger partial charge on any atom is 0.273 e. The third-order valence-electron chi connectivity index (χ3n) is 3.17. The Kier molecular flexibility index (Phi) is 4.20. The number of hydrogen-bond donors (Lipinski definition) is 1. The number of aryl methyl sites for hydroxylation is 1. The van der Waals surface area contributed by atoms with E-state index >= 15 is 0 Å². The smallest absolute Gasteiger partial charge is 0.273 e. The van der Waals surface area contributed by atoms with Crippen molar-refractivity contribution >= 4 is 11.0 Å². The first-order chi connectivity index (χ1) is 9.09. The minimum Gasteiger partial charge on any atom is -0.321 e. The summed E-state index contributed by atoms with van der Waals surface area (Å²) in [5.74, 6) is 0.686.